The molecule has 0 heterocycles. The van der Waals surface area contributed by atoms with Crippen LogP contribution in [0.25, 0.3) is 0 Å². The highest BCUT2D eigenvalue weighted by molar-refractivity contribution is 7.80. The van der Waals surface area contributed by atoms with Crippen LogP contribution in [0.3, 0.4) is 0 Å². The minimum Gasteiger partial charge on any atom is -0.508 e. The van der Waals surface area contributed by atoms with Gasteiger partial charge in [0.1, 0.15) is 5.75 Å². The molecule has 0 radical (unpaired) electrons. The average Bonchev–Trinajstić information content (AvgIpc) is 2.56. The fraction of sp³-hybridized carbons (Fsp3) is 0.529. The van der Waals surface area contributed by atoms with Crippen LogP contribution in [0.4, 0.5) is 0 Å². The number of hydrazone groups is 1. The molecule has 1 rings (SSSR count). The average molecular weight is 337 g/mol. The van der Waals surface area contributed by atoms with Crippen molar-refractivity contribution < 1.29 is 5.11 Å². The van der Waals surface area contributed by atoms with E-state index >= 15 is 0 Å². The Labute approximate surface area is 144 Å². The zero-order chi connectivity index (χ0) is 17.2. The van der Waals surface area contributed by atoms with Crippen LogP contribution < -0.4 is 10.7 Å². The van der Waals surface area contributed by atoms with Crippen molar-refractivity contribution in [2.75, 3.05) is 19.6 Å². The van der Waals surface area contributed by atoms with Crippen molar-refractivity contribution in [3.63, 3.8) is 0 Å². The Balaban J connectivity index is 2.81. The van der Waals surface area contributed by atoms with Crippen molar-refractivity contribution in [1.29, 1.82) is 0 Å². The number of benzene rings is 1. The van der Waals surface area contributed by atoms with E-state index in [0.717, 1.165) is 49.4 Å². The molecule has 3 N–H and O–H groups in total. The fourth-order valence-electron chi connectivity index (χ4n) is 2.10. The lowest BCUT2D eigenvalue weighted by atomic mass is 10.1. The van der Waals surface area contributed by atoms with Gasteiger partial charge in [-0.1, -0.05) is 20.8 Å². The lowest BCUT2D eigenvalue weighted by Crippen LogP contribution is -2.33. The molecule has 0 saturated carbocycles. The molecule has 0 aliphatic rings. The summed E-state index contributed by atoms with van der Waals surface area (Å²) in [5, 5.41) is 18.0. The molecular weight excluding hydrogens is 308 g/mol. The van der Waals surface area contributed by atoms with Gasteiger partial charge < -0.3 is 10.4 Å². The van der Waals surface area contributed by atoms with E-state index in [-0.39, 0.29) is 0 Å². The lowest BCUT2D eigenvalue weighted by molar-refractivity contribution is 0.291. The van der Waals surface area contributed by atoms with E-state index in [1.165, 1.54) is 0 Å². The van der Waals surface area contributed by atoms with Crippen molar-refractivity contribution in [1.82, 2.24) is 15.6 Å². The predicted molar refractivity (Wildman–Crippen MR) is 101 cm³/mol. The number of nitrogens with one attached hydrogen (secondary N) is 2. The molecule has 1 aromatic carbocycles. The maximum Gasteiger partial charge on any atom is 0.186 e. The van der Waals surface area contributed by atoms with Crippen LogP contribution in [0.5, 0.6) is 5.75 Å². The first-order chi connectivity index (χ1) is 11.0. The van der Waals surface area contributed by atoms with Crippen LogP contribution in [-0.4, -0.2) is 40.5 Å². The van der Waals surface area contributed by atoms with Crippen LogP contribution in [0.15, 0.2) is 23.3 Å². The van der Waals surface area contributed by atoms with Crippen molar-refractivity contribution in [2.24, 2.45) is 5.10 Å². The van der Waals surface area contributed by atoms with E-state index < -0.39 is 0 Å². The normalized spacial score (nSPS) is 11.6. The maximum absolute atomic E-state index is 10.1. The van der Waals surface area contributed by atoms with Crippen LogP contribution in [0.2, 0.25) is 0 Å². The summed E-state index contributed by atoms with van der Waals surface area (Å²) in [7, 11) is 0. The van der Waals surface area contributed by atoms with Gasteiger partial charge >= 0.3 is 0 Å². The predicted octanol–water partition coefficient (Wildman–Crippen LogP) is 2.83. The van der Waals surface area contributed by atoms with E-state index in [1.807, 2.05) is 19.1 Å². The Morgan fingerprint density at radius 2 is 1.96 bits per heavy atom. The van der Waals surface area contributed by atoms with Crippen LogP contribution in [-0.2, 0) is 6.54 Å². The Morgan fingerprint density at radius 1 is 1.26 bits per heavy atom. The Bertz CT molecular complexity index is 541. The van der Waals surface area contributed by atoms with E-state index in [9.17, 15) is 5.11 Å². The smallest absolute Gasteiger partial charge is 0.186 e. The van der Waals surface area contributed by atoms with E-state index in [2.05, 4.69) is 41.5 Å². The number of aromatic hydroxyl groups is 1. The number of phenolic OH excluding ortho intramolecular Hbond substituents is 1. The second kappa shape index (κ2) is 10.2. The monoisotopic (exact) mass is 336 g/mol. The Kier molecular flexibility index (Phi) is 8.58. The zero-order valence-electron chi connectivity index (χ0n) is 14.5. The number of rotatable bonds is 8. The molecule has 128 valence electrons. The summed E-state index contributed by atoms with van der Waals surface area (Å²) in [5.41, 5.74) is 5.55. The SMILES string of the molecule is CCCNC(=S)N/N=C(\C)c1ccc(O)c(CN(CC)CC)c1. The summed E-state index contributed by atoms with van der Waals surface area (Å²) in [6.07, 6.45) is 1.01. The molecule has 0 aliphatic carbocycles. The summed E-state index contributed by atoms with van der Waals surface area (Å²) in [6, 6.07) is 5.57. The van der Waals surface area contributed by atoms with E-state index in [4.69, 9.17) is 12.2 Å². The molecule has 0 aromatic heterocycles. The second-order valence-electron chi connectivity index (χ2n) is 5.37. The quantitative estimate of drug-likeness (QED) is 0.387. The third kappa shape index (κ3) is 6.54. The number of phenols is 1. The van der Waals surface area contributed by atoms with Gasteiger partial charge in [-0.2, -0.15) is 5.10 Å². The summed E-state index contributed by atoms with van der Waals surface area (Å²) in [6.45, 7) is 11.7. The third-order valence-corrected chi connectivity index (χ3v) is 3.88. The molecule has 0 fully saturated rings. The van der Waals surface area contributed by atoms with Gasteiger partial charge in [-0.25, -0.2) is 0 Å². The highest BCUT2D eigenvalue weighted by atomic mass is 32.1. The van der Waals surface area contributed by atoms with E-state index in [1.54, 1.807) is 6.07 Å². The highest BCUT2D eigenvalue weighted by Crippen LogP contribution is 2.20. The molecule has 0 aliphatic heterocycles. The maximum atomic E-state index is 10.1. The largest absolute Gasteiger partial charge is 0.508 e. The van der Waals surface area contributed by atoms with Gasteiger partial charge in [0.15, 0.2) is 5.11 Å². The summed E-state index contributed by atoms with van der Waals surface area (Å²) in [5.74, 6) is 0.321. The van der Waals surface area contributed by atoms with Gasteiger partial charge in [-0.15, -0.1) is 0 Å². The molecule has 0 unspecified atom stereocenters. The summed E-state index contributed by atoms with van der Waals surface area (Å²) >= 11 is 5.15. The molecular formula is C17H28N4OS. The fourth-order valence-corrected chi connectivity index (χ4v) is 2.25. The molecule has 0 spiro atoms. The molecule has 1 aromatic rings. The van der Waals surface area contributed by atoms with Gasteiger partial charge in [-0.3, -0.25) is 10.3 Å². The first-order valence-electron chi connectivity index (χ1n) is 8.14. The van der Waals surface area contributed by atoms with Crippen molar-refractivity contribution in [3.8, 4) is 5.75 Å². The van der Waals surface area contributed by atoms with Crippen molar-refractivity contribution in [3.05, 3.63) is 29.3 Å². The first kappa shape index (κ1) is 19.4. The molecule has 23 heavy (non-hydrogen) atoms. The second-order valence-corrected chi connectivity index (χ2v) is 5.78. The highest BCUT2D eigenvalue weighted by Gasteiger charge is 2.08. The first-order valence-corrected chi connectivity index (χ1v) is 8.55. The summed E-state index contributed by atoms with van der Waals surface area (Å²) < 4.78 is 0. The molecule has 5 nitrogen and oxygen atoms in total. The van der Waals surface area contributed by atoms with Gasteiger partial charge in [0, 0.05) is 18.7 Å². The van der Waals surface area contributed by atoms with Gasteiger partial charge in [0.2, 0.25) is 0 Å². The Hall–Kier alpha value is -1.66. The minimum absolute atomic E-state index is 0.321. The topological polar surface area (TPSA) is 59.9 Å². The molecule has 0 amide bonds. The zero-order valence-corrected chi connectivity index (χ0v) is 15.3. The van der Waals surface area contributed by atoms with Crippen LogP contribution in [0.1, 0.15) is 45.2 Å². The van der Waals surface area contributed by atoms with Gasteiger partial charge in [0.05, 0.1) is 5.71 Å². The lowest BCUT2D eigenvalue weighted by Gasteiger charge is -2.19. The number of nitrogens with zero attached hydrogens (tertiary/aromatic N) is 2. The number of thiocarbonyl (C=S) groups is 1. The standard InChI is InChI=1S/C17H28N4OS/c1-5-10-18-17(23)20-19-13(4)14-8-9-16(22)15(11-14)12-21(6-2)7-3/h8-9,11,22H,5-7,10,12H2,1-4H3,(H2,18,20,23)/b19-13+. The van der Waals surface area contributed by atoms with Crippen molar-refractivity contribution in [2.45, 2.75) is 40.7 Å². The molecule has 0 atom stereocenters. The Morgan fingerprint density at radius 3 is 2.57 bits per heavy atom. The van der Waals surface area contributed by atoms with Crippen LogP contribution in [0, 0.1) is 0 Å². The van der Waals surface area contributed by atoms with Crippen molar-refractivity contribution >= 4 is 23.0 Å². The molecule has 0 saturated heterocycles. The van der Waals surface area contributed by atoms with E-state index in [0.29, 0.717) is 10.9 Å². The number of hydrogen-bond donors (Lipinski definition) is 3. The van der Waals surface area contributed by atoms with Gasteiger partial charge in [0.25, 0.3) is 0 Å². The molecule has 0 bridgehead atoms. The van der Waals surface area contributed by atoms with Crippen LogP contribution >= 0.6 is 12.2 Å². The number of hydrogen-bond acceptors (Lipinski definition) is 4. The third-order valence-electron chi connectivity index (χ3n) is 3.65. The summed E-state index contributed by atoms with van der Waals surface area (Å²) in [4.78, 5) is 2.26. The minimum atomic E-state index is 0.321. The van der Waals surface area contributed by atoms with Gasteiger partial charge in [-0.05, 0) is 62.4 Å². The molecule has 6 heteroatoms.